The summed E-state index contributed by atoms with van der Waals surface area (Å²) in [5.74, 6) is 1.91. The van der Waals surface area contributed by atoms with Crippen molar-refractivity contribution in [2.75, 3.05) is 13.7 Å². The maximum atomic E-state index is 6.06. The van der Waals surface area contributed by atoms with Crippen molar-refractivity contribution in [2.24, 2.45) is 10.8 Å². The first-order valence-corrected chi connectivity index (χ1v) is 7.28. The number of benzene rings is 1. The van der Waals surface area contributed by atoms with Crippen LogP contribution in [0.15, 0.2) is 29.8 Å². The maximum Gasteiger partial charge on any atom is 0.126 e. The fraction of sp³-hybridized carbons (Fsp3) is 0.556. The second kappa shape index (κ2) is 5.16. The smallest absolute Gasteiger partial charge is 0.126 e. The molecule has 1 aliphatic heterocycles. The summed E-state index contributed by atoms with van der Waals surface area (Å²) < 4.78 is 11.4. The first-order chi connectivity index (χ1) is 9.25. The molecular formula is C18H26O2. The van der Waals surface area contributed by atoms with Crippen LogP contribution in [0.2, 0.25) is 0 Å². The van der Waals surface area contributed by atoms with Crippen molar-refractivity contribution in [3.63, 3.8) is 0 Å². The van der Waals surface area contributed by atoms with Crippen LogP contribution in [0, 0.1) is 10.8 Å². The van der Waals surface area contributed by atoms with Crippen molar-refractivity contribution in [1.29, 1.82) is 0 Å². The quantitative estimate of drug-likeness (QED) is 0.763. The molecule has 0 radical (unpaired) electrons. The third-order valence-electron chi connectivity index (χ3n) is 3.96. The highest BCUT2D eigenvalue weighted by Crippen LogP contribution is 2.49. The van der Waals surface area contributed by atoms with E-state index in [-0.39, 0.29) is 10.8 Å². The molecule has 2 nitrogen and oxygen atoms in total. The van der Waals surface area contributed by atoms with Gasteiger partial charge >= 0.3 is 0 Å². The number of ether oxygens (including phenoxy) is 2. The molecule has 1 aromatic carbocycles. The SMILES string of the molecule is COc1cccc(C2=C(C(C)(C)C)C(C)(C)CCO2)c1. The number of allylic oxidation sites excluding steroid dienone is 1. The van der Waals surface area contributed by atoms with E-state index in [2.05, 4.69) is 46.8 Å². The Labute approximate surface area is 122 Å². The van der Waals surface area contributed by atoms with Crippen molar-refractivity contribution in [1.82, 2.24) is 0 Å². The molecule has 20 heavy (non-hydrogen) atoms. The van der Waals surface area contributed by atoms with Gasteiger partial charge in [0.05, 0.1) is 13.7 Å². The third-order valence-corrected chi connectivity index (χ3v) is 3.96. The summed E-state index contributed by atoms with van der Waals surface area (Å²) in [5.41, 5.74) is 2.75. The van der Waals surface area contributed by atoms with Crippen LogP contribution >= 0.6 is 0 Å². The van der Waals surface area contributed by atoms with Crippen LogP contribution in [0.1, 0.15) is 46.6 Å². The lowest BCUT2D eigenvalue weighted by Gasteiger charge is -2.42. The normalized spacial score (nSPS) is 18.7. The molecule has 0 unspecified atom stereocenters. The van der Waals surface area contributed by atoms with Gasteiger partial charge in [0, 0.05) is 5.56 Å². The summed E-state index contributed by atoms with van der Waals surface area (Å²) in [6.45, 7) is 12.2. The van der Waals surface area contributed by atoms with Gasteiger partial charge in [-0.15, -0.1) is 0 Å². The first-order valence-electron chi connectivity index (χ1n) is 7.28. The zero-order valence-electron chi connectivity index (χ0n) is 13.5. The molecule has 1 aromatic rings. The molecule has 2 heteroatoms. The first kappa shape index (κ1) is 15.0. The molecule has 1 aliphatic rings. The Morgan fingerprint density at radius 2 is 1.90 bits per heavy atom. The largest absolute Gasteiger partial charge is 0.497 e. The number of hydrogen-bond donors (Lipinski definition) is 0. The fourth-order valence-electron chi connectivity index (χ4n) is 3.26. The highest BCUT2D eigenvalue weighted by atomic mass is 16.5. The molecule has 0 aliphatic carbocycles. The van der Waals surface area contributed by atoms with Crippen molar-refractivity contribution < 1.29 is 9.47 Å². The van der Waals surface area contributed by atoms with Crippen LogP contribution in [0.5, 0.6) is 5.75 Å². The summed E-state index contributed by atoms with van der Waals surface area (Å²) in [4.78, 5) is 0. The lowest BCUT2D eigenvalue weighted by Crippen LogP contribution is -2.31. The van der Waals surface area contributed by atoms with E-state index >= 15 is 0 Å². The topological polar surface area (TPSA) is 18.5 Å². The van der Waals surface area contributed by atoms with E-state index in [9.17, 15) is 0 Å². The van der Waals surface area contributed by atoms with Crippen LogP contribution in [-0.2, 0) is 4.74 Å². The molecule has 0 fully saturated rings. The van der Waals surface area contributed by atoms with E-state index in [0.717, 1.165) is 30.1 Å². The average molecular weight is 274 g/mol. The van der Waals surface area contributed by atoms with Gasteiger partial charge in [-0.1, -0.05) is 46.8 Å². The third kappa shape index (κ3) is 2.84. The summed E-state index contributed by atoms with van der Waals surface area (Å²) in [5, 5.41) is 0. The van der Waals surface area contributed by atoms with Crippen LogP contribution in [0.4, 0.5) is 0 Å². The minimum Gasteiger partial charge on any atom is -0.497 e. The average Bonchev–Trinajstić information content (AvgIpc) is 2.35. The Kier molecular flexibility index (Phi) is 3.86. The van der Waals surface area contributed by atoms with Crippen molar-refractivity contribution in [3.8, 4) is 5.75 Å². The molecule has 0 amide bonds. The van der Waals surface area contributed by atoms with Gasteiger partial charge in [0.15, 0.2) is 0 Å². The van der Waals surface area contributed by atoms with Crippen LogP contribution < -0.4 is 4.74 Å². The zero-order chi connectivity index (χ0) is 15.0. The lowest BCUT2D eigenvalue weighted by molar-refractivity contribution is 0.166. The highest BCUT2D eigenvalue weighted by Gasteiger charge is 2.38. The van der Waals surface area contributed by atoms with E-state index in [1.165, 1.54) is 5.57 Å². The van der Waals surface area contributed by atoms with Gasteiger partial charge in [0.2, 0.25) is 0 Å². The number of hydrogen-bond acceptors (Lipinski definition) is 2. The minimum absolute atomic E-state index is 0.0856. The van der Waals surface area contributed by atoms with Crippen molar-refractivity contribution in [2.45, 2.75) is 41.0 Å². The van der Waals surface area contributed by atoms with Gasteiger partial charge in [-0.25, -0.2) is 0 Å². The van der Waals surface area contributed by atoms with E-state index in [4.69, 9.17) is 9.47 Å². The molecule has 0 spiro atoms. The fourth-order valence-corrected chi connectivity index (χ4v) is 3.26. The lowest BCUT2D eigenvalue weighted by atomic mass is 9.67. The van der Waals surface area contributed by atoms with Crippen LogP contribution in [-0.4, -0.2) is 13.7 Å². The van der Waals surface area contributed by atoms with E-state index in [0.29, 0.717) is 0 Å². The Morgan fingerprint density at radius 3 is 2.50 bits per heavy atom. The van der Waals surface area contributed by atoms with Gasteiger partial charge in [0.1, 0.15) is 11.5 Å². The minimum atomic E-state index is 0.0856. The molecule has 0 bridgehead atoms. The summed E-state index contributed by atoms with van der Waals surface area (Å²) in [6, 6.07) is 8.15. The number of methoxy groups -OCH3 is 1. The van der Waals surface area contributed by atoms with E-state index in [1.54, 1.807) is 7.11 Å². The van der Waals surface area contributed by atoms with E-state index in [1.807, 2.05) is 12.1 Å². The van der Waals surface area contributed by atoms with Gasteiger partial charge < -0.3 is 9.47 Å². The van der Waals surface area contributed by atoms with Crippen molar-refractivity contribution >= 4 is 5.76 Å². The Morgan fingerprint density at radius 1 is 1.20 bits per heavy atom. The molecule has 0 N–H and O–H groups in total. The zero-order valence-corrected chi connectivity index (χ0v) is 13.5. The van der Waals surface area contributed by atoms with Crippen molar-refractivity contribution in [3.05, 3.63) is 35.4 Å². The monoisotopic (exact) mass is 274 g/mol. The van der Waals surface area contributed by atoms with Gasteiger partial charge in [-0.05, 0) is 35.0 Å². The summed E-state index contributed by atoms with van der Waals surface area (Å²) in [6.07, 6.45) is 1.06. The second-order valence-electron chi connectivity index (χ2n) is 7.17. The Balaban J connectivity index is 2.62. The Bertz CT molecular complexity index is 518. The number of rotatable bonds is 2. The molecular weight excluding hydrogens is 248 g/mol. The molecule has 2 rings (SSSR count). The Hall–Kier alpha value is -1.44. The summed E-state index contributed by atoms with van der Waals surface area (Å²) >= 11 is 0. The second-order valence-corrected chi connectivity index (χ2v) is 7.17. The summed E-state index contributed by atoms with van der Waals surface area (Å²) in [7, 11) is 1.70. The van der Waals surface area contributed by atoms with Gasteiger partial charge in [0.25, 0.3) is 0 Å². The standard InChI is InChI=1S/C18H26O2/c1-17(2,3)16-15(20-11-10-18(16,4)5)13-8-7-9-14(12-13)19-6/h7-9,12H,10-11H2,1-6H3. The molecule has 0 atom stereocenters. The maximum absolute atomic E-state index is 6.06. The van der Waals surface area contributed by atoms with Crippen LogP contribution in [0.25, 0.3) is 5.76 Å². The molecule has 0 saturated carbocycles. The van der Waals surface area contributed by atoms with E-state index < -0.39 is 0 Å². The molecule has 1 heterocycles. The predicted octanol–water partition coefficient (Wildman–Crippen LogP) is 4.90. The molecule has 110 valence electrons. The van der Waals surface area contributed by atoms with Gasteiger partial charge in [-0.3, -0.25) is 0 Å². The molecule has 0 aromatic heterocycles. The molecule has 0 saturated heterocycles. The van der Waals surface area contributed by atoms with Crippen LogP contribution in [0.3, 0.4) is 0 Å². The predicted molar refractivity (Wildman–Crippen MR) is 83.7 cm³/mol. The van der Waals surface area contributed by atoms with Gasteiger partial charge in [-0.2, -0.15) is 0 Å². The highest BCUT2D eigenvalue weighted by molar-refractivity contribution is 5.67.